The lowest BCUT2D eigenvalue weighted by molar-refractivity contribution is 0.0997. The van der Waals surface area contributed by atoms with Crippen molar-refractivity contribution in [3.8, 4) is 17.2 Å². The van der Waals surface area contributed by atoms with Crippen molar-refractivity contribution < 1.29 is 32.6 Å². The number of benzene rings is 3. The standard InChI is InChI=1S/C30H34F2N6O5/c1-41-25-9-6-20(26(42-2)27(25)43-3)17-38-12-10-37(11-13-38)16-19-5-4-18(28(39)36-30(33)34)14-24(19)35-29(40)22-8-7-21(31)15-23(22)32/h4-9,14-15H,10-13,16-17H2,1-3H3,(H,35,40)(H4,33,34,36,39). The topological polar surface area (TPSA) is 145 Å². The number of hydrogen-bond acceptors (Lipinski definition) is 7. The Morgan fingerprint density at radius 2 is 1.47 bits per heavy atom. The smallest absolute Gasteiger partial charge is 0.280 e. The Morgan fingerprint density at radius 3 is 2.05 bits per heavy atom. The number of nitrogens with two attached hydrogens (primary N) is 2. The van der Waals surface area contributed by atoms with Gasteiger partial charge in [-0.25, -0.2) is 8.78 Å². The summed E-state index contributed by atoms with van der Waals surface area (Å²) in [5, 5.41) is 2.66. The summed E-state index contributed by atoms with van der Waals surface area (Å²) in [7, 11) is 4.73. The number of rotatable bonds is 10. The summed E-state index contributed by atoms with van der Waals surface area (Å²) < 4.78 is 44.2. The molecule has 1 aliphatic rings. The predicted molar refractivity (Wildman–Crippen MR) is 158 cm³/mol. The molecule has 3 aromatic rings. The largest absolute Gasteiger partial charge is 0.493 e. The average molecular weight is 597 g/mol. The van der Waals surface area contributed by atoms with E-state index in [9.17, 15) is 18.4 Å². The number of nitrogens with one attached hydrogen (secondary N) is 1. The van der Waals surface area contributed by atoms with Gasteiger partial charge in [0.15, 0.2) is 17.5 Å². The predicted octanol–water partition coefficient (Wildman–Crippen LogP) is 2.97. The molecule has 0 spiro atoms. The second kappa shape index (κ2) is 13.9. The van der Waals surface area contributed by atoms with Crippen LogP contribution < -0.4 is 31.0 Å². The summed E-state index contributed by atoms with van der Waals surface area (Å²) in [5.74, 6) is -1.96. The third-order valence-electron chi connectivity index (χ3n) is 7.05. The monoisotopic (exact) mass is 596 g/mol. The molecule has 1 fully saturated rings. The van der Waals surface area contributed by atoms with Gasteiger partial charge in [-0.15, -0.1) is 0 Å². The molecule has 0 radical (unpaired) electrons. The maximum absolute atomic E-state index is 14.3. The van der Waals surface area contributed by atoms with Gasteiger partial charge in [-0.1, -0.05) is 12.1 Å². The van der Waals surface area contributed by atoms with Gasteiger partial charge in [0.05, 0.1) is 26.9 Å². The van der Waals surface area contributed by atoms with Crippen molar-refractivity contribution in [1.29, 1.82) is 0 Å². The fraction of sp³-hybridized carbons (Fsp3) is 0.300. The highest BCUT2D eigenvalue weighted by Gasteiger charge is 2.23. The van der Waals surface area contributed by atoms with Gasteiger partial charge in [0.25, 0.3) is 11.8 Å². The lowest BCUT2D eigenvalue weighted by Gasteiger charge is -2.35. The van der Waals surface area contributed by atoms with Crippen LogP contribution in [0.3, 0.4) is 0 Å². The zero-order valence-electron chi connectivity index (χ0n) is 24.2. The van der Waals surface area contributed by atoms with Gasteiger partial charge in [-0.3, -0.25) is 19.4 Å². The van der Waals surface area contributed by atoms with E-state index < -0.39 is 29.4 Å². The molecule has 0 unspecified atom stereocenters. The second-order valence-corrected chi connectivity index (χ2v) is 9.84. The van der Waals surface area contributed by atoms with E-state index in [1.807, 2.05) is 12.1 Å². The number of hydrogen-bond donors (Lipinski definition) is 3. The lowest BCUT2D eigenvalue weighted by atomic mass is 10.1. The fourth-order valence-corrected chi connectivity index (χ4v) is 4.88. The molecule has 0 bridgehead atoms. The summed E-state index contributed by atoms with van der Waals surface area (Å²) >= 11 is 0. The van der Waals surface area contributed by atoms with Crippen LogP contribution in [0.25, 0.3) is 0 Å². The molecule has 2 amide bonds. The van der Waals surface area contributed by atoms with Crippen molar-refractivity contribution in [1.82, 2.24) is 9.80 Å². The van der Waals surface area contributed by atoms with Crippen molar-refractivity contribution >= 4 is 23.5 Å². The Kier molecular flexibility index (Phi) is 10.1. The van der Waals surface area contributed by atoms with E-state index in [0.717, 1.165) is 30.8 Å². The van der Waals surface area contributed by atoms with Crippen LogP contribution in [-0.4, -0.2) is 75.1 Å². The quantitative estimate of drug-likeness (QED) is 0.238. The number of ether oxygens (including phenoxy) is 3. The highest BCUT2D eigenvalue weighted by Crippen LogP contribution is 2.40. The van der Waals surface area contributed by atoms with Crippen LogP contribution in [0.2, 0.25) is 0 Å². The van der Waals surface area contributed by atoms with Crippen LogP contribution in [0, 0.1) is 11.6 Å². The van der Waals surface area contributed by atoms with E-state index in [0.29, 0.717) is 55.1 Å². The molecule has 0 atom stereocenters. The van der Waals surface area contributed by atoms with Gasteiger partial charge in [0.1, 0.15) is 11.6 Å². The summed E-state index contributed by atoms with van der Waals surface area (Å²) in [4.78, 5) is 33.4. The SMILES string of the molecule is COc1ccc(CN2CCN(Cc3ccc(C(=O)N=C(N)N)cc3NC(=O)c3ccc(F)cc3F)CC2)c(OC)c1OC. The van der Waals surface area contributed by atoms with Crippen molar-refractivity contribution in [2.45, 2.75) is 13.1 Å². The summed E-state index contributed by atoms with van der Waals surface area (Å²) in [5.41, 5.74) is 12.4. The molecule has 228 valence electrons. The van der Waals surface area contributed by atoms with E-state index in [-0.39, 0.29) is 16.8 Å². The number of nitrogens with zero attached hydrogens (tertiary/aromatic N) is 3. The highest BCUT2D eigenvalue weighted by atomic mass is 19.1. The van der Waals surface area contributed by atoms with Crippen molar-refractivity contribution in [3.05, 3.63) is 82.4 Å². The number of halogens is 2. The molecule has 4 rings (SSSR count). The number of aliphatic imine (C=N–C) groups is 1. The molecule has 1 heterocycles. The van der Waals surface area contributed by atoms with E-state index in [1.165, 1.54) is 6.07 Å². The van der Waals surface area contributed by atoms with Crippen molar-refractivity contribution in [2.24, 2.45) is 16.5 Å². The minimum atomic E-state index is -1.01. The van der Waals surface area contributed by atoms with Gasteiger partial charge >= 0.3 is 0 Å². The van der Waals surface area contributed by atoms with E-state index in [4.69, 9.17) is 25.7 Å². The fourth-order valence-electron chi connectivity index (χ4n) is 4.88. The molecular formula is C30H34F2N6O5. The Balaban J connectivity index is 1.49. The third kappa shape index (κ3) is 7.56. The van der Waals surface area contributed by atoms with Gasteiger partial charge in [-0.2, -0.15) is 4.99 Å². The maximum Gasteiger partial charge on any atom is 0.280 e. The molecular weight excluding hydrogens is 562 g/mol. The molecule has 43 heavy (non-hydrogen) atoms. The van der Waals surface area contributed by atoms with E-state index >= 15 is 0 Å². The Bertz CT molecular complexity index is 1520. The molecule has 1 saturated heterocycles. The molecule has 3 aromatic carbocycles. The number of carbonyl (C=O) groups is 2. The molecule has 5 N–H and O–H groups in total. The maximum atomic E-state index is 14.3. The summed E-state index contributed by atoms with van der Waals surface area (Å²) in [6.07, 6.45) is 0. The van der Waals surface area contributed by atoms with Crippen LogP contribution in [0.4, 0.5) is 14.5 Å². The summed E-state index contributed by atoms with van der Waals surface area (Å²) in [6.45, 7) is 4.01. The minimum absolute atomic E-state index is 0.126. The average Bonchev–Trinajstić information content (AvgIpc) is 2.98. The van der Waals surface area contributed by atoms with E-state index in [2.05, 4.69) is 20.1 Å². The van der Waals surface area contributed by atoms with Crippen molar-refractivity contribution in [3.63, 3.8) is 0 Å². The van der Waals surface area contributed by atoms with Crippen LogP contribution in [0.15, 0.2) is 53.5 Å². The zero-order chi connectivity index (χ0) is 31.1. The van der Waals surface area contributed by atoms with Gasteiger partial charge < -0.3 is 31.0 Å². The van der Waals surface area contributed by atoms with E-state index in [1.54, 1.807) is 33.5 Å². The highest BCUT2D eigenvalue weighted by molar-refractivity contribution is 6.06. The summed E-state index contributed by atoms with van der Waals surface area (Å²) in [6, 6.07) is 11.2. The minimum Gasteiger partial charge on any atom is -0.493 e. The number of methoxy groups -OCH3 is 3. The molecule has 13 heteroatoms. The normalized spacial score (nSPS) is 13.7. The van der Waals surface area contributed by atoms with Gasteiger partial charge in [0.2, 0.25) is 5.75 Å². The lowest BCUT2D eigenvalue weighted by Crippen LogP contribution is -2.45. The molecule has 1 aliphatic heterocycles. The third-order valence-corrected chi connectivity index (χ3v) is 7.05. The van der Waals surface area contributed by atoms with Gasteiger partial charge in [0, 0.05) is 62.1 Å². The number of carbonyl (C=O) groups excluding carboxylic acids is 2. The van der Waals surface area contributed by atoms with Crippen LogP contribution >= 0.6 is 0 Å². The Labute approximate surface area is 248 Å². The number of amides is 2. The Hall–Kier alpha value is -4.75. The van der Waals surface area contributed by atoms with Crippen molar-refractivity contribution in [2.75, 3.05) is 52.8 Å². The van der Waals surface area contributed by atoms with Crippen LogP contribution in [-0.2, 0) is 13.1 Å². The molecule has 0 saturated carbocycles. The first-order chi connectivity index (χ1) is 20.6. The first kappa shape index (κ1) is 31.2. The van der Waals surface area contributed by atoms with Gasteiger partial charge in [-0.05, 0) is 35.9 Å². The number of anilines is 1. The number of guanidine groups is 1. The molecule has 0 aromatic heterocycles. The first-order valence-corrected chi connectivity index (χ1v) is 13.4. The molecule has 0 aliphatic carbocycles. The van der Waals surface area contributed by atoms with Crippen LogP contribution in [0.1, 0.15) is 31.8 Å². The zero-order valence-corrected chi connectivity index (χ0v) is 24.2. The van der Waals surface area contributed by atoms with Crippen LogP contribution in [0.5, 0.6) is 17.2 Å². The molecule has 11 nitrogen and oxygen atoms in total. The Morgan fingerprint density at radius 1 is 0.837 bits per heavy atom. The number of piperazine rings is 1. The second-order valence-electron chi connectivity index (χ2n) is 9.84. The first-order valence-electron chi connectivity index (χ1n) is 13.4.